The van der Waals surface area contributed by atoms with Crippen LogP contribution in [0.1, 0.15) is 13.3 Å². The summed E-state index contributed by atoms with van der Waals surface area (Å²) in [5.41, 5.74) is 0. The van der Waals surface area contributed by atoms with Gasteiger partial charge in [-0.05, 0) is 24.3 Å². The van der Waals surface area contributed by atoms with Gasteiger partial charge in [-0.3, -0.25) is 0 Å². The Morgan fingerprint density at radius 3 is 3.00 bits per heavy atom. The monoisotopic (exact) mass is 205 g/mol. The van der Waals surface area contributed by atoms with Crippen molar-refractivity contribution in [2.75, 3.05) is 6.26 Å². The molecule has 0 aliphatic rings. The van der Waals surface area contributed by atoms with Gasteiger partial charge in [0.2, 0.25) is 5.28 Å². The maximum Gasteiger partial charge on any atom is 0.224 e. The van der Waals surface area contributed by atoms with Crippen molar-refractivity contribution in [2.24, 2.45) is 0 Å². The van der Waals surface area contributed by atoms with E-state index in [1.807, 2.05) is 16.3 Å². The predicted molar refractivity (Wildman–Crippen MR) is 52.6 cm³/mol. The Hall–Kier alpha value is -0.220. The van der Waals surface area contributed by atoms with Crippen molar-refractivity contribution in [3.8, 4) is 0 Å². The van der Waals surface area contributed by atoms with Crippen LogP contribution in [0.3, 0.4) is 0 Å². The molecule has 0 bridgehead atoms. The highest BCUT2D eigenvalue weighted by Gasteiger charge is 2.02. The average Bonchev–Trinajstić information content (AvgIpc) is 2.47. The second-order valence-electron chi connectivity index (χ2n) is 2.63. The highest BCUT2D eigenvalue weighted by molar-refractivity contribution is 7.99. The van der Waals surface area contributed by atoms with Crippen LogP contribution in [-0.4, -0.2) is 26.3 Å². The van der Waals surface area contributed by atoms with Crippen molar-refractivity contribution in [1.29, 1.82) is 0 Å². The SMILES string of the molecule is CSC(C)CCn1cnnc1Cl. The fourth-order valence-electron chi connectivity index (χ4n) is 0.830. The smallest absolute Gasteiger partial charge is 0.224 e. The fourth-order valence-corrected chi connectivity index (χ4v) is 1.34. The van der Waals surface area contributed by atoms with Crippen LogP contribution in [0, 0.1) is 0 Å². The first kappa shape index (κ1) is 9.86. The van der Waals surface area contributed by atoms with E-state index in [0.717, 1.165) is 13.0 Å². The number of rotatable bonds is 4. The van der Waals surface area contributed by atoms with E-state index in [9.17, 15) is 0 Å². The summed E-state index contributed by atoms with van der Waals surface area (Å²) in [6.45, 7) is 3.09. The van der Waals surface area contributed by atoms with Crippen LogP contribution in [0.15, 0.2) is 6.33 Å². The summed E-state index contributed by atoms with van der Waals surface area (Å²) in [7, 11) is 0. The molecular formula is C7H12ClN3S. The van der Waals surface area contributed by atoms with Crippen molar-refractivity contribution in [3.63, 3.8) is 0 Å². The number of hydrogen-bond donors (Lipinski definition) is 0. The normalized spacial score (nSPS) is 13.2. The lowest BCUT2D eigenvalue weighted by Gasteiger charge is -2.07. The molecular weight excluding hydrogens is 194 g/mol. The average molecular weight is 206 g/mol. The number of thioether (sulfide) groups is 1. The molecule has 0 spiro atoms. The summed E-state index contributed by atoms with van der Waals surface area (Å²) in [5.74, 6) is 0. The topological polar surface area (TPSA) is 30.7 Å². The van der Waals surface area contributed by atoms with E-state index in [1.165, 1.54) is 0 Å². The third kappa shape index (κ3) is 2.68. The number of aromatic nitrogens is 3. The molecule has 1 atom stereocenters. The van der Waals surface area contributed by atoms with E-state index >= 15 is 0 Å². The Morgan fingerprint density at radius 1 is 1.75 bits per heavy atom. The summed E-state index contributed by atoms with van der Waals surface area (Å²) in [6.07, 6.45) is 4.87. The van der Waals surface area contributed by atoms with Gasteiger partial charge in [-0.15, -0.1) is 10.2 Å². The first-order valence-electron chi connectivity index (χ1n) is 3.80. The highest BCUT2D eigenvalue weighted by atomic mass is 35.5. The lowest BCUT2D eigenvalue weighted by Crippen LogP contribution is -2.03. The van der Waals surface area contributed by atoms with Gasteiger partial charge >= 0.3 is 0 Å². The number of aryl methyl sites for hydroxylation is 1. The Bertz CT molecular complexity index is 238. The van der Waals surface area contributed by atoms with Gasteiger partial charge in [0.05, 0.1) is 0 Å². The molecule has 0 aliphatic heterocycles. The maximum absolute atomic E-state index is 5.75. The molecule has 12 heavy (non-hydrogen) atoms. The van der Waals surface area contributed by atoms with Crippen LogP contribution in [0.5, 0.6) is 0 Å². The molecule has 1 unspecified atom stereocenters. The zero-order valence-electron chi connectivity index (χ0n) is 7.20. The molecule has 0 fully saturated rings. The van der Waals surface area contributed by atoms with Crippen molar-refractivity contribution < 1.29 is 0 Å². The van der Waals surface area contributed by atoms with Gasteiger partial charge in [0.1, 0.15) is 6.33 Å². The van der Waals surface area contributed by atoms with Gasteiger partial charge < -0.3 is 4.57 Å². The molecule has 0 radical (unpaired) electrons. The standard InChI is InChI=1S/C7H12ClN3S/c1-6(12-2)3-4-11-5-9-10-7(11)8/h5-6H,3-4H2,1-2H3. The van der Waals surface area contributed by atoms with Crippen LogP contribution in [0.2, 0.25) is 5.28 Å². The second-order valence-corrected chi connectivity index (χ2v) is 4.24. The van der Waals surface area contributed by atoms with Gasteiger partial charge in [0.15, 0.2) is 0 Å². The van der Waals surface area contributed by atoms with Crippen molar-refractivity contribution in [1.82, 2.24) is 14.8 Å². The Labute approximate surface area is 81.5 Å². The number of nitrogens with zero attached hydrogens (tertiary/aromatic N) is 3. The zero-order chi connectivity index (χ0) is 8.97. The van der Waals surface area contributed by atoms with Gasteiger partial charge in [0.25, 0.3) is 0 Å². The third-order valence-corrected chi connectivity index (χ3v) is 3.08. The molecule has 0 aromatic carbocycles. The molecule has 0 saturated carbocycles. The Morgan fingerprint density at radius 2 is 2.50 bits per heavy atom. The molecule has 5 heteroatoms. The van der Waals surface area contributed by atoms with E-state index in [1.54, 1.807) is 6.33 Å². The highest BCUT2D eigenvalue weighted by Crippen LogP contribution is 2.12. The molecule has 0 amide bonds. The van der Waals surface area contributed by atoms with Gasteiger partial charge in [-0.25, -0.2) is 0 Å². The van der Waals surface area contributed by atoms with Crippen molar-refractivity contribution in [2.45, 2.75) is 25.1 Å². The van der Waals surface area contributed by atoms with E-state index in [4.69, 9.17) is 11.6 Å². The van der Waals surface area contributed by atoms with Crippen LogP contribution >= 0.6 is 23.4 Å². The van der Waals surface area contributed by atoms with E-state index in [2.05, 4.69) is 23.4 Å². The lowest BCUT2D eigenvalue weighted by molar-refractivity contribution is 0.639. The minimum absolute atomic E-state index is 0.475. The van der Waals surface area contributed by atoms with E-state index in [0.29, 0.717) is 10.5 Å². The minimum atomic E-state index is 0.475. The molecule has 0 aliphatic carbocycles. The van der Waals surface area contributed by atoms with Gasteiger partial charge in [-0.2, -0.15) is 11.8 Å². The fraction of sp³-hybridized carbons (Fsp3) is 0.714. The van der Waals surface area contributed by atoms with Gasteiger partial charge in [-0.1, -0.05) is 6.92 Å². The summed E-state index contributed by atoms with van der Waals surface area (Å²) >= 11 is 7.60. The summed E-state index contributed by atoms with van der Waals surface area (Å²) < 4.78 is 1.86. The largest absolute Gasteiger partial charge is 0.304 e. The zero-order valence-corrected chi connectivity index (χ0v) is 8.77. The first-order chi connectivity index (χ1) is 5.74. The molecule has 0 saturated heterocycles. The van der Waals surface area contributed by atoms with E-state index in [-0.39, 0.29) is 0 Å². The number of hydrogen-bond acceptors (Lipinski definition) is 3. The third-order valence-electron chi connectivity index (χ3n) is 1.75. The van der Waals surface area contributed by atoms with Gasteiger partial charge in [0, 0.05) is 11.8 Å². The molecule has 68 valence electrons. The van der Waals surface area contributed by atoms with Crippen LogP contribution < -0.4 is 0 Å². The van der Waals surface area contributed by atoms with Crippen molar-refractivity contribution >= 4 is 23.4 Å². The molecule has 0 N–H and O–H groups in total. The van der Waals surface area contributed by atoms with Crippen LogP contribution in [-0.2, 0) is 6.54 Å². The predicted octanol–water partition coefficient (Wildman–Crippen LogP) is 2.07. The molecule has 3 nitrogen and oxygen atoms in total. The molecule has 1 aromatic heterocycles. The van der Waals surface area contributed by atoms with Crippen molar-refractivity contribution in [3.05, 3.63) is 11.6 Å². The minimum Gasteiger partial charge on any atom is -0.304 e. The van der Waals surface area contributed by atoms with Crippen LogP contribution in [0.4, 0.5) is 0 Å². The Kier molecular flexibility index (Phi) is 3.88. The Balaban J connectivity index is 2.38. The maximum atomic E-state index is 5.75. The summed E-state index contributed by atoms with van der Waals surface area (Å²) in [5, 5.41) is 8.52. The summed E-state index contributed by atoms with van der Waals surface area (Å²) in [6, 6.07) is 0. The summed E-state index contributed by atoms with van der Waals surface area (Å²) in [4.78, 5) is 0. The lowest BCUT2D eigenvalue weighted by atomic mass is 10.3. The first-order valence-corrected chi connectivity index (χ1v) is 5.46. The van der Waals surface area contributed by atoms with Crippen LogP contribution in [0.25, 0.3) is 0 Å². The molecule has 1 aromatic rings. The second kappa shape index (κ2) is 4.72. The molecule has 1 heterocycles. The van der Waals surface area contributed by atoms with E-state index < -0.39 is 0 Å². The molecule has 1 rings (SSSR count). The number of halogens is 1. The quantitative estimate of drug-likeness (QED) is 0.754.